The van der Waals surface area contributed by atoms with Gasteiger partial charge in [0.15, 0.2) is 5.96 Å². The number of hydrogen-bond acceptors (Lipinski definition) is 4. The van der Waals surface area contributed by atoms with E-state index in [9.17, 15) is 0 Å². The molecule has 2 rings (SSSR count). The summed E-state index contributed by atoms with van der Waals surface area (Å²) in [6.07, 6.45) is 2.81. The predicted octanol–water partition coefficient (Wildman–Crippen LogP) is 4.17. The third-order valence-corrected chi connectivity index (χ3v) is 4.17. The molecule has 0 radical (unpaired) electrons. The second-order valence-electron chi connectivity index (χ2n) is 7.60. The Morgan fingerprint density at radius 1 is 1.18 bits per heavy atom. The van der Waals surface area contributed by atoms with Crippen molar-refractivity contribution in [3.8, 4) is 0 Å². The van der Waals surface area contributed by atoms with Crippen LogP contribution in [-0.2, 0) is 12.0 Å². The van der Waals surface area contributed by atoms with Gasteiger partial charge in [0.05, 0.1) is 6.20 Å². The molecule has 28 heavy (non-hydrogen) atoms. The minimum Gasteiger partial charge on any atom is -0.443 e. The zero-order valence-corrected chi connectivity index (χ0v) is 20.0. The number of para-hydroxylation sites is 1. The van der Waals surface area contributed by atoms with E-state index >= 15 is 0 Å². The monoisotopic (exact) mass is 499 g/mol. The second-order valence-corrected chi connectivity index (χ2v) is 7.60. The number of oxazole rings is 1. The Morgan fingerprint density at radius 2 is 1.89 bits per heavy atom. The topological polar surface area (TPSA) is 65.7 Å². The lowest BCUT2D eigenvalue weighted by Gasteiger charge is -2.19. The first kappa shape index (κ1) is 24.3. The van der Waals surface area contributed by atoms with E-state index in [4.69, 9.17) is 4.42 Å². The SMILES string of the molecule is CCNC(=NCc1ncc(C(C)(C)C)o1)NCCCN(C)c1ccccc1.I. The molecule has 0 aliphatic carbocycles. The fourth-order valence-corrected chi connectivity index (χ4v) is 2.55. The Kier molecular flexibility index (Phi) is 10.3. The lowest BCUT2D eigenvalue weighted by molar-refractivity contribution is 0.383. The average Bonchev–Trinajstić information content (AvgIpc) is 3.13. The molecule has 0 saturated heterocycles. The quantitative estimate of drug-likeness (QED) is 0.247. The van der Waals surface area contributed by atoms with Crippen LogP contribution in [0, 0.1) is 0 Å². The first-order valence-electron chi connectivity index (χ1n) is 9.63. The summed E-state index contributed by atoms with van der Waals surface area (Å²) in [6, 6.07) is 10.4. The van der Waals surface area contributed by atoms with Crippen molar-refractivity contribution in [2.45, 2.75) is 46.1 Å². The summed E-state index contributed by atoms with van der Waals surface area (Å²) in [5.41, 5.74) is 1.19. The summed E-state index contributed by atoms with van der Waals surface area (Å²) >= 11 is 0. The van der Waals surface area contributed by atoms with Crippen molar-refractivity contribution in [2.24, 2.45) is 4.99 Å². The van der Waals surface area contributed by atoms with Gasteiger partial charge >= 0.3 is 0 Å². The van der Waals surface area contributed by atoms with Crippen LogP contribution in [0.4, 0.5) is 5.69 Å². The van der Waals surface area contributed by atoms with E-state index in [-0.39, 0.29) is 29.4 Å². The molecule has 0 bridgehead atoms. The van der Waals surface area contributed by atoms with E-state index in [0.29, 0.717) is 12.4 Å². The number of hydrogen-bond donors (Lipinski definition) is 2. The zero-order chi connectivity index (χ0) is 19.7. The summed E-state index contributed by atoms with van der Waals surface area (Å²) in [7, 11) is 2.12. The number of anilines is 1. The van der Waals surface area contributed by atoms with Gasteiger partial charge in [-0.15, -0.1) is 24.0 Å². The predicted molar refractivity (Wildman–Crippen MR) is 128 cm³/mol. The van der Waals surface area contributed by atoms with Gasteiger partial charge in [-0.1, -0.05) is 39.0 Å². The van der Waals surface area contributed by atoms with Crippen molar-refractivity contribution < 1.29 is 4.42 Å². The number of aliphatic imine (C=N–C) groups is 1. The molecule has 156 valence electrons. The number of guanidine groups is 1. The van der Waals surface area contributed by atoms with Gasteiger partial charge in [-0.3, -0.25) is 0 Å². The molecule has 0 aliphatic heterocycles. The van der Waals surface area contributed by atoms with Crippen LogP contribution in [0.5, 0.6) is 0 Å². The summed E-state index contributed by atoms with van der Waals surface area (Å²) in [5, 5.41) is 6.64. The third kappa shape index (κ3) is 8.08. The molecule has 0 atom stereocenters. The highest BCUT2D eigenvalue weighted by Gasteiger charge is 2.18. The van der Waals surface area contributed by atoms with Gasteiger partial charge in [-0.05, 0) is 25.5 Å². The third-order valence-electron chi connectivity index (χ3n) is 4.17. The molecule has 2 aromatic rings. The molecule has 0 aliphatic rings. The summed E-state index contributed by atoms with van der Waals surface area (Å²) in [5.74, 6) is 2.31. The van der Waals surface area contributed by atoms with Crippen LogP contribution in [-0.4, -0.2) is 37.6 Å². The molecule has 2 N–H and O–H groups in total. The van der Waals surface area contributed by atoms with Crippen molar-refractivity contribution in [3.05, 3.63) is 48.2 Å². The number of benzene rings is 1. The highest BCUT2D eigenvalue weighted by molar-refractivity contribution is 14.0. The van der Waals surface area contributed by atoms with Gasteiger partial charge in [0.2, 0.25) is 5.89 Å². The molecular formula is C21H34IN5O. The van der Waals surface area contributed by atoms with Crippen molar-refractivity contribution >= 4 is 35.6 Å². The van der Waals surface area contributed by atoms with Crippen molar-refractivity contribution in [1.29, 1.82) is 0 Å². The lowest BCUT2D eigenvalue weighted by Crippen LogP contribution is -2.38. The van der Waals surface area contributed by atoms with Crippen LogP contribution >= 0.6 is 24.0 Å². The average molecular weight is 499 g/mol. The minimum atomic E-state index is -0.0392. The smallest absolute Gasteiger partial charge is 0.216 e. The summed E-state index contributed by atoms with van der Waals surface area (Å²) < 4.78 is 5.80. The van der Waals surface area contributed by atoms with E-state index in [0.717, 1.165) is 37.8 Å². The molecule has 7 heteroatoms. The number of aromatic nitrogens is 1. The Morgan fingerprint density at radius 3 is 2.50 bits per heavy atom. The molecule has 0 amide bonds. The van der Waals surface area contributed by atoms with Gasteiger partial charge < -0.3 is 20.0 Å². The summed E-state index contributed by atoms with van der Waals surface area (Å²) in [4.78, 5) is 11.2. The standard InChI is InChI=1S/C21H33N5O.HI/c1-6-22-20(25-16-19-24-15-18(27-19)21(2,3)4)23-13-10-14-26(5)17-11-8-7-9-12-17;/h7-9,11-12,15H,6,10,13-14,16H2,1-5H3,(H2,22,23,25);1H. The van der Waals surface area contributed by atoms with E-state index in [1.54, 1.807) is 6.20 Å². The fourth-order valence-electron chi connectivity index (χ4n) is 2.55. The lowest BCUT2D eigenvalue weighted by atomic mass is 9.94. The van der Waals surface area contributed by atoms with Gasteiger partial charge in [0.25, 0.3) is 0 Å². The highest BCUT2D eigenvalue weighted by Crippen LogP contribution is 2.22. The molecule has 0 saturated carbocycles. The molecule has 0 unspecified atom stereocenters. The van der Waals surface area contributed by atoms with Gasteiger partial charge in [-0.25, -0.2) is 9.98 Å². The number of rotatable bonds is 8. The number of halogens is 1. The maximum atomic E-state index is 5.80. The maximum absolute atomic E-state index is 5.80. The van der Waals surface area contributed by atoms with Crippen molar-refractivity contribution in [1.82, 2.24) is 15.6 Å². The zero-order valence-electron chi connectivity index (χ0n) is 17.7. The largest absolute Gasteiger partial charge is 0.443 e. The Labute approximate surface area is 186 Å². The van der Waals surface area contributed by atoms with Crippen LogP contribution in [0.1, 0.15) is 45.8 Å². The Hall–Kier alpha value is -1.77. The van der Waals surface area contributed by atoms with E-state index in [2.05, 4.69) is 84.5 Å². The van der Waals surface area contributed by atoms with E-state index in [1.165, 1.54) is 5.69 Å². The minimum absolute atomic E-state index is 0. The van der Waals surface area contributed by atoms with E-state index in [1.807, 2.05) is 6.07 Å². The Balaban J connectivity index is 0.00000392. The van der Waals surface area contributed by atoms with Gasteiger partial charge in [0, 0.05) is 37.8 Å². The first-order chi connectivity index (χ1) is 12.9. The van der Waals surface area contributed by atoms with Crippen LogP contribution < -0.4 is 15.5 Å². The second kappa shape index (κ2) is 11.9. The molecule has 0 spiro atoms. The molecule has 0 fully saturated rings. The highest BCUT2D eigenvalue weighted by atomic mass is 127. The van der Waals surface area contributed by atoms with Crippen LogP contribution in [0.3, 0.4) is 0 Å². The van der Waals surface area contributed by atoms with Crippen molar-refractivity contribution in [2.75, 3.05) is 31.6 Å². The Bertz CT molecular complexity index is 709. The molecular weight excluding hydrogens is 465 g/mol. The molecule has 1 aromatic heterocycles. The maximum Gasteiger partial charge on any atom is 0.216 e. The van der Waals surface area contributed by atoms with E-state index < -0.39 is 0 Å². The molecule has 6 nitrogen and oxygen atoms in total. The number of nitrogens with one attached hydrogen (secondary N) is 2. The van der Waals surface area contributed by atoms with Crippen molar-refractivity contribution in [3.63, 3.8) is 0 Å². The van der Waals surface area contributed by atoms with Gasteiger partial charge in [-0.2, -0.15) is 0 Å². The summed E-state index contributed by atoms with van der Waals surface area (Å²) in [6.45, 7) is 11.5. The molecule has 1 heterocycles. The number of nitrogens with zero attached hydrogens (tertiary/aromatic N) is 3. The normalized spacial score (nSPS) is 11.7. The molecule has 1 aromatic carbocycles. The fraction of sp³-hybridized carbons (Fsp3) is 0.524. The van der Waals surface area contributed by atoms with Gasteiger partial charge in [0.1, 0.15) is 12.3 Å². The van der Waals surface area contributed by atoms with Crippen LogP contribution in [0.15, 0.2) is 45.9 Å². The van der Waals surface area contributed by atoms with Crippen LogP contribution in [0.2, 0.25) is 0 Å². The first-order valence-corrected chi connectivity index (χ1v) is 9.63. The van der Waals surface area contributed by atoms with Crippen LogP contribution in [0.25, 0.3) is 0 Å².